The Morgan fingerprint density at radius 2 is 1.56 bits per heavy atom. The molecule has 0 saturated heterocycles. The topological polar surface area (TPSA) is 26.0 Å². The van der Waals surface area contributed by atoms with Gasteiger partial charge in [-0.25, -0.2) is 0 Å². The van der Waals surface area contributed by atoms with E-state index in [0.29, 0.717) is 0 Å². The third-order valence-electron chi connectivity index (χ3n) is 2.89. The Labute approximate surface area is 96.9 Å². The minimum Gasteiger partial charge on any atom is -0.324 e. The molecule has 16 heavy (non-hydrogen) atoms. The van der Waals surface area contributed by atoms with Crippen molar-refractivity contribution in [2.45, 2.75) is 19.4 Å². The number of hydrogen-bond donors (Lipinski definition) is 1. The van der Waals surface area contributed by atoms with Crippen molar-refractivity contribution >= 4 is 0 Å². The Kier molecular flexibility index (Phi) is 3.37. The maximum Gasteiger partial charge on any atom is 0.0338 e. The van der Waals surface area contributed by atoms with E-state index in [1.807, 2.05) is 18.2 Å². The number of aryl methyl sites for hydroxylation is 1. The molecule has 0 aliphatic heterocycles. The molecule has 0 amide bonds. The highest BCUT2D eigenvalue weighted by molar-refractivity contribution is 5.30. The number of nitrogens with two attached hydrogens (primary N) is 1. The Bertz CT molecular complexity index is 448. The second-order valence-corrected chi connectivity index (χ2v) is 4.15. The SMILES string of the molecule is Cc1ccccc1C(N)Cc1ccccc1. The summed E-state index contributed by atoms with van der Waals surface area (Å²) in [6.07, 6.45) is 0.895. The van der Waals surface area contributed by atoms with Crippen LogP contribution < -0.4 is 5.73 Å². The van der Waals surface area contributed by atoms with E-state index in [2.05, 4.69) is 43.3 Å². The van der Waals surface area contributed by atoms with E-state index in [4.69, 9.17) is 5.73 Å². The van der Waals surface area contributed by atoms with Crippen LogP contribution in [0.25, 0.3) is 0 Å². The van der Waals surface area contributed by atoms with Crippen LogP contribution in [0.3, 0.4) is 0 Å². The first kappa shape index (κ1) is 10.9. The zero-order chi connectivity index (χ0) is 11.4. The summed E-state index contributed by atoms with van der Waals surface area (Å²) >= 11 is 0. The molecule has 0 aliphatic carbocycles. The van der Waals surface area contributed by atoms with Crippen molar-refractivity contribution in [3.05, 3.63) is 71.3 Å². The Balaban J connectivity index is 2.15. The first-order chi connectivity index (χ1) is 7.77. The van der Waals surface area contributed by atoms with Gasteiger partial charge in [0.05, 0.1) is 0 Å². The molecule has 2 aromatic carbocycles. The van der Waals surface area contributed by atoms with E-state index in [0.717, 1.165) is 6.42 Å². The van der Waals surface area contributed by atoms with Gasteiger partial charge in [0.15, 0.2) is 0 Å². The normalized spacial score (nSPS) is 12.4. The lowest BCUT2D eigenvalue weighted by atomic mass is 9.96. The second kappa shape index (κ2) is 4.95. The molecule has 2 aromatic rings. The average Bonchev–Trinajstić information content (AvgIpc) is 2.31. The monoisotopic (exact) mass is 211 g/mol. The molecule has 1 unspecified atom stereocenters. The summed E-state index contributed by atoms with van der Waals surface area (Å²) in [7, 11) is 0. The van der Waals surface area contributed by atoms with E-state index in [1.54, 1.807) is 0 Å². The van der Waals surface area contributed by atoms with Crippen LogP contribution in [0.5, 0.6) is 0 Å². The highest BCUT2D eigenvalue weighted by Gasteiger charge is 2.08. The fourth-order valence-corrected chi connectivity index (χ4v) is 1.98. The van der Waals surface area contributed by atoms with Crippen LogP contribution in [0.1, 0.15) is 22.7 Å². The van der Waals surface area contributed by atoms with Crippen molar-refractivity contribution in [1.82, 2.24) is 0 Å². The molecule has 1 atom stereocenters. The predicted octanol–water partition coefficient (Wildman–Crippen LogP) is 3.24. The molecular formula is C15H17N. The van der Waals surface area contributed by atoms with Crippen molar-refractivity contribution in [1.29, 1.82) is 0 Å². The van der Waals surface area contributed by atoms with E-state index in [1.165, 1.54) is 16.7 Å². The van der Waals surface area contributed by atoms with Gasteiger partial charge in [-0.05, 0) is 30.0 Å². The van der Waals surface area contributed by atoms with Gasteiger partial charge >= 0.3 is 0 Å². The summed E-state index contributed by atoms with van der Waals surface area (Å²) in [6.45, 7) is 2.11. The molecule has 0 spiro atoms. The highest BCUT2D eigenvalue weighted by atomic mass is 14.6. The van der Waals surface area contributed by atoms with Crippen molar-refractivity contribution in [3.63, 3.8) is 0 Å². The zero-order valence-electron chi connectivity index (χ0n) is 9.56. The van der Waals surface area contributed by atoms with Gasteiger partial charge < -0.3 is 5.73 Å². The lowest BCUT2D eigenvalue weighted by Gasteiger charge is -2.14. The van der Waals surface area contributed by atoms with Gasteiger partial charge in [0.2, 0.25) is 0 Å². The van der Waals surface area contributed by atoms with Crippen LogP contribution in [-0.2, 0) is 6.42 Å². The molecule has 2 N–H and O–H groups in total. The van der Waals surface area contributed by atoms with Gasteiger partial charge in [0.25, 0.3) is 0 Å². The molecule has 0 bridgehead atoms. The van der Waals surface area contributed by atoms with Crippen molar-refractivity contribution in [2.24, 2.45) is 5.73 Å². The third-order valence-corrected chi connectivity index (χ3v) is 2.89. The standard InChI is InChI=1S/C15H17N/c1-12-7-5-6-10-14(12)15(16)11-13-8-3-2-4-9-13/h2-10,15H,11,16H2,1H3. The zero-order valence-corrected chi connectivity index (χ0v) is 9.56. The van der Waals surface area contributed by atoms with Crippen LogP contribution in [0.15, 0.2) is 54.6 Å². The Morgan fingerprint density at radius 1 is 0.938 bits per heavy atom. The van der Waals surface area contributed by atoms with Crippen molar-refractivity contribution in [2.75, 3.05) is 0 Å². The average molecular weight is 211 g/mol. The van der Waals surface area contributed by atoms with Gasteiger partial charge in [0.1, 0.15) is 0 Å². The number of hydrogen-bond acceptors (Lipinski definition) is 1. The summed E-state index contributed by atoms with van der Waals surface area (Å²) in [4.78, 5) is 0. The quantitative estimate of drug-likeness (QED) is 0.828. The maximum atomic E-state index is 6.23. The summed E-state index contributed by atoms with van der Waals surface area (Å²) in [5.41, 5.74) is 10.0. The van der Waals surface area contributed by atoms with Crippen molar-refractivity contribution < 1.29 is 0 Å². The predicted molar refractivity (Wildman–Crippen MR) is 68.3 cm³/mol. The minimum absolute atomic E-state index is 0.0867. The molecule has 0 heterocycles. The fraction of sp³-hybridized carbons (Fsp3) is 0.200. The van der Waals surface area contributed by atoms with Crippen LogP contribution in [0.2, 0.25) is 0 Å². The molecule has 2 rings (SSSR count). The lowest BCUT2D eigenvalue weighted by molar-refractivity contribution is 0.717. The lowest BCUT2D eigenvalue weighted by Crippen LogP contribution is -2.14. The molecule has 82 valence electrons. The molecule has 1 heteroatoms. The molecule has 1 nitrogen and oxygen atoms in total. The van der Waals surface area contributed by atoms with Crippen LogP contribution in [0, 0.1) is 6.92 Å². The Hall–Kier alpha value is -1.60. The number of rotatable bonds is 3. The molecule has 0 aromatic heterocycles. The summed E-state index contributed by atoms with van der Waals surface area (Å²) in [6, 6.07) is 18.8. The first-order valence-corrected chi connectivity index (χ1v) is 5.62. The highest BCUT2D eigenvalue weighted by Crippen LogP contribution is 2.19. The third kappa shape index (κ3) is 2.50. The van der Waals surface area contributed by atoms with Crippen LogP contribution in [-0.4, -0.2) is 0 Å². The smallest absolute Gasteiger partial charge is 0.0338 e. The molecular weight excluding hydrogens is 194 g/mol. The van der Waals surface area contributed by atoms with Gasteiger partial charge in [-0.15, -0.1) is 0 Å². The van der Waals surface area contributed by atoms with Crippen LogP contribution in [0.4, 0.5) is 0 Å². The van der Waals surface area contributed by atoms with Crippen LogP contribution >= 0.6 is 0 Å². The van der Waals surface area contributed by atoms with E-state index in [9.17, 15) is 0 Å². The second-order valence-electron chi connectivity index (χ2n) is 4.15. The van der Waals surface area contributed by atoms with Gasteiger partial charge in [-0.2, -0.15) is 0 Å². The van der Waals surface area contributed by atoms with E-state index < -0.39 is 0 Å². The number of benzene rings is 2. The summed E-state index contributed by atoms with van der Waals surface area (Å²) < 4.78 is 0. The fourth-order valence-electron chi connectivity index (χ4n) is 1.98. The van der Waals surface area contributed by atoms with Crippen molar-refractivity contribution in [3.8, 4) is 0 Å². The van der Waals surface area contributed by atoms with Gasteiger partial charge in [-0.1, -0.05) is 54.6 Å². The molecule has 0 radical (unpaired) electrons. The van der Waals surface area contributed by atoms with E-state index >= 15 is 0 Å². The van der Waals surface area contributed by atoms with Gasteiger partial charge in [0, 0.05) is 6.04 Å². The largest absolute Gasteiger partial charge is 0.324 e. The van der Waals surface area contributed by atoms with E-state index in [-0.39, 0.29) is 6.04 Å². The maximum absolute atomic E-state index is 6.23. The molecule has 0 aliphatic rings. The minimum atomic E-state index is 0.0867. The summed E-state index contributed by atoms with van der Waals surface area (Å²) in [5, 5.41) is 0. The molecule has 0 saturated carbocycles. The summed E-state index contributed by atoms with van der Waals surface area (Å²) in [5.74, 6) is 0. The first-order valence-electron chi connectivity index (χ1n) is 5.62. The van der Waals surface area contributed by atoms with Gasteiger partial charge in [-0.3, -0.25) is 0 Å². The Morgan fingerprint density at radius 3 is 2.25 bits per heavy atom. The molecule has 0 fully saturated rings.